The van der Waals surface area contributed by atoms with Crippen LogP contribution in [-0.2, 0) is 22.5 Å². The van der Waals surface area contributed by atoms with Crippen molar-refractivity contribution >= 4 is 5.97 Å². The molecule has 0 aliphatic carbocycles. The van der Waals surface area contributed by atoms with Crippen LogP contribution >= 0.6 is 0 Å². The molecule has 20 heavy (non-hydrogen) atoms. The number of hydrogen-bond acceptors (Lipinski definition) is 5. The standard InChI is InChI=1S/C12H11F3N2O3/c1-19-10(18)4-7-2-8(5-16)11(9(3-7)6-17)20-12(13,14)15/h2-3H,4-5,16H2,1H3. The molecule has 0 radical (unpaired) electrons. The van der Waals surface area contributed by atoms with E-state index in [1.165, 1.54) is 13.2 Å². The Bertz CT molecular complexity index is 550. The van der Waals surface area contributed by atoms with Crippen molar-refractivity contribution in [3.05, 3.63) is 28.8 Å². The first-order valence-corrected chi connectivity index (χ1v) is 5.39. The third-order valence-electron chi connectivity index (χ3n) is 2.36. The highest BCUT2D eigenvalue weighted by Gasteiger charge is 2.33. The summed E-state index contributed by atoms with van der Waals surface area (Å²) in [4.78, 5) is 11.1. The number of methoxy groups -OCH3 is 1. The Morgan fingerprint density at radius 3 is 2.55 bits per heavy atom. The average molecular weight is 288 g/mol. The van der Waals surface area contributed by atoms with Crippen LogP contribution < -0.4 is 10.5 Å². The van der Waals surface area contributed by atoms with Crippen molar-refractivity contribution in [2.24, 2.45) is 5.73 Å². The van der Waals surface area contributed by atoms with Crippen molar-refractivity contribution in [3.63, 3.8) is 0 Å². The Morgan fingerprint density at radius 2 is 2.10 bits per heavy atom. The maximum absolute atomic E-state index is 12.3. The molecule has 0 unspecified atom stereocenters. The summed E-state index contributed by atoms with van der Waals surface area (Å²) in [7, 11) is 1.18. The largest absolute Gasteiger partial charge is 0.573 e. The fourth-order valence-electron chi connectivity index (χ4n) is 1.57. The van der Waals surface area contributed by atoms with Crippen molar-refractivity contribution in [1.29, 1.82) is 5.26 Å². The Labute approximate surface area is 112 Å². The van der Waals surface area contributed by atoms with E-state index >= 15 is 0 Å². The number of nitrogens with two attached hydrogens (primary N) is 1. The molecule has 0 saturated heterocycles. The van der Waals surface area contributed by atoms with E-state index < -0.39 is 18.1 Å². The number of alkyl halides is 3. The predicted molar refractivity (Wildman–Crippen MR) is 61.5 cm³/mol. The van der Waals surface area contributed by atoms with Crippen LogP contribution in [0.5, 0.6) is 5.75 Å². The maximum atomic E-state index is 12.3. The van der Waals surface area contributed by atoms with E-state index in [0.717, 1.165) is 6.07 Å². The van der Waals surface area contributed by atoms with Crippen LogP contribution in [-0.4, -0.2) is 19.4 Å². The number of halogens is 3. The van der Waals surface area contributed by atoms with Gasteiger partial charge in [0.2, 0.25) is 0 Å². The molecule has 0 spiro atoms. The highest BCUT2D eigenvalue weighted by atomic mass is 19.4. The summed E-state index contributed by atoms with van der Waals surface area (Å²) in [5, 5.41) is 8.90. The molecular weight excluding hydrogens is 277 g/mol. The molecule has 0 bridgehead atoms. The molecule has 2 N–H and O–H groups in total. The fourth-order valence-corrected chi connectivity index (χ4v) is 1.57. The lowest BCUT2D eigenvalue weighted by molar-refractivity contribution is -0.275. The zero-order chi connectivity index (χ0) is 15.3. The van der Waals surface area contributed by atoms with Crippen molar-refractivity contribution in [1.82, 2.24) is 0 Å². The smallest absolute Gasteiger partial charge is 0.469 e. The van der Waals surface area contributed by atoms with Crippen molar-refractivity contribution in [3.8, 4) is 11.8 Å². The molecule has 0 aliphatic rings. The number of carbonyl (C=O) groups is 1. The zero-order valence-electron chi connectivity index (χ0n) is 10.5. The second-order valence-corrected chi connectivity index (χ2v) is 3.75. The minimum Gasteiger partial charge on any atom is -0.469 e. The number of esters is 1. The lowest BCUT2D eigenvalue weighted by atomic mass is 10.0. The Hall–Kier alpha value is -2.27. The number of ether oxygens (including phenoxy) is 2. The molecule has 1 aromatic carbocycles. The van der Waals surface area contributed by atoms with Crippen molar-refractivity contribution in [2.45, 2.75) is 19.3 Å². The average Bonchev–Trinajstić information content (AvgIpc) is 2.38. The molecule has 0 heterocycles. The van der Waals surface area contributed by atoms with Crippen LogP contribution in [0, 0.1) is 11.3 Å². The highest BCUT2D eigenvalue weighted by molar-refractivity contribution is 5.73. The zero-order valence-corrected chi connectivity index (χ0v) is 10.5. The number of benzene rings is 1. The van der Waals surface area contributed by atoms with Crippen LogP contribution in [0.4, 0.5) is 13.2 Å². The summed E-state index contributed by atoms with van der Waals surface area (Å²) in [6.07, 6.45) is -5.11. The van der Waals surface area contributed by atoms with Crippen LogP contribution in [0.3, 0.4) is 0 Å². The number of rotatable bonds is 4. The molecule has 1 rings (SSSR count). The topological polar surface area (TPSA) is 85.3 Å². The van der Waals surface area contributed by atoms with Gasteiger partial charge in [0.25, 0.3) is 0 Å². The third kappa shape index (κ3) is 4.13. The van der Waals surface area contributed by atoms with Gasteiger partial charge in [-0.2, -0.15) is 5.26 Å². The molecule has 0 aliphatic heterocycles. The SMILES string of the molecule is COC(=O)Cc1cc(C#N)c(OC(F)(F)F)c(CN)c1. The summed E-state index contributed by atoms with van der Waals surface area (Å²) < 4.78 is 45.1. The normalized spacial score (nSPS) is 10.8. The molecule has 8 heteroatoms. The predicted octanol–water partition coefficient (Wildman–Crippen LogP) is 1.63. The Morgan fingerprint density at radius 1 is 1.45 bits per heavy atom. The second-order valence-electron chi connectivity index (χ2n) is 3.75. The molecule has 1 aromatic rings. The van der Waals surface area contributed by atoms with Gasteiger partial charge in [0.1, 0.15) is 6.07 Å². The minimum atomic E-state index is -4.93. The van der Waals surface area contributed by atoms with Gasteiger partial charge in [0, 0.05) is 12.1 Å². The highest BCUT2D eigenvalue weighted by Crippen LogP contribution is 2.31. The number of nitriles is 1. The van der Waals surface area contributed by atoms with E-state index in [-0.39, 0.29) is 24.1 Å². The number of carbonyl (C=O) groups excluding carboxylic acids is 1. The van der Waals surface area contributed by atoms with Gasteiger partial charge in [0.05, 0.1) is 19.1 Å². The van der Waals surface area contributed by atoms with Crippen LogP contribution in [0.2, 0.25) is 0 Å². The summed E-state index contributed by atoms with van der Waals surface area (Å²) in [6, 6.07) is 4.00. The van der Waals surface area contributed by atoms with Crippen LogP contribution in [0.15, 0.2) is 12.1 Å². The van der Waals surface area contributed by atoms with Crippen molar-refractivity contribution < 1.29 is 27.4 Å². The lowest BCUT2D eigenvalue weighted by Crippen LogP contribution is -2.20. The summed E-state index contributed by atoms with van der Waals surface area (Å²) in [5.41, 5.74) is 5.32. The Balaban J connectivity index is 3.25. The quantitative estimate of drug-likeness (QED) is 0.851. The molecular formula is C12H11F3N2O3. The van der Waals surface area contributed by atoms with E-state index in [2.05, 4.69) is 9.47 Å². The minimum absolute atomic E-state index is 0.0136. The fraction of sp³-hybridized carbons (Fsp3) is 0.333. The molecule has 0 amide bonds. The molecule has 0 fully saturated rings. The van der Waals surface area contributed by atoms with Gasteiger partial charge in [-0.25, -0.2) is 0 Å². The van der Waals surface area contributed by atoms with Gasteiger partial charge in [-0.15, -0.1) is 13.2 Å². The van der Waals surface area contributed by atoms with Crippen molar-refractivity contribution in [2.75, 3.05) is 7.11 Å². The van der Waals surface area contributed by atoms with Gasteiger partial charge in [-0.05, 0) is 11.6 Å². The van der Waals surface area contributed by atoms with Gasteiger partial charge in [0.15, 0.2) is 5.75 Å². The first-order chi connectivity index (χ1) is 9.30. The summed E-state index contributed by atoms with van der Waals surface area (Å²) in [5.74, 6) is -1.22. The van der Waals surface area contributed by atoms with Gasteiger partial charge in [-0.3, -0.25) is 4.79 Å². The van der Waals surface area contributed by atoms with E-state index in [1.54, 1.807) is 6.07 Å². The summed E-state index contributed by atoms with van der Waals surface area (Å²) in [6.45, 7) is -0.269. The number of hydrogen-bond donors (Lipinski definition) is 1. The second kappa shape index (κ2) is 6.25. The number of nitrogens with zero attached hydrogens (tertiary/aromatic N) is 1. The first kappa shape index (κ1) is 15.8. The van der Waals surface area contributed by atoms with E-state index in [0.29, 0.717) is 5.56 Å². The van der Waals surface area contributed by atoms with Crippen LogP contribution in [0.1, 0.15) is 16.7 Å². The first-order valence-electron chi connectivity index (χ1n) is 5.39. The molecule has 0 atom stereocenters. The van der Waals surface area contributed by atoms with E-state index in [9.17, 15) is 18.0 Å². The Kier molecular flexibility index (Phi) is 4.94. The maximum Gasteiger partial charge on any atom is 0.573 e. The summed E-state index contributed by atoms with van der Waals surface area (Å²) >= 11 is 0. The molecule has 5 nitrogen and oxygen atoms in total. The molecule has 0 saturated carbocycles. The van der Waals surface area contributed by atoms with Gasteiger partial charge < -0.3 is 15.2 Å². The third-order valence-corrected chi connectivity index (χ3v) is 2.36. The van der Waals surface area contributed by atoms with Gasteiger partial charge >= 0.3 is 12.3 Å². The van der Waals surface area contributed by atoms with E-state index in [4.69, 9.17) is 11.0 Å². The molecule has 108 valence electrons. The van der Waals surface area contributed by atoms with Gasteiger partial charge in [-0.1, -0.05) is 6.07 Å². The molecule has 0 aromatic heterocycles. The van der Waals surface area contributed by atoms with Crippen LogP contribution in [0.25, 0.3) is 0 Å². The van der Waals surface area contributed by atoms with E-state index in [1.807, 2.05) is 0 Å². The monoisotopic (exact) mass is 288 g/mol. The lowest BCUT2D eigenvalue weighted by Gasteiger charge is -2.15.